The number of ether oxygens (including phenoxy) is 1. The minimum atomic E-state index is -4.52. The molecule has 2 amide bonds. The van der Waals surface area contributed by atoms with E-state index < -0.39 is 17.3 Å². The van der Waals surface area contributed by atoms with E-state index in [1.165, 1.54) is 24.3 Å². The van der Waals surface area contributed by atoms with Crippen LogP contribution in [0.5, 0.6) is 11.5 Å². The molecular weight excluding hydrogens is 485 g/mol. The highest BCUT2D eigenvalue weighted by Gasteiger charge is 2.35. The van der Waals surface area contributed by atoms with E-state index in [4.69, 9.17) is 17.0 Å². The topological polar surface area (TPSA) is 58.6 Å². The van der Waals surface area contributed by atoms with Crippen LogP contribution >= 0.6 is 24.0 Å². The van der Waals surface area contributed by atoms with Crippen LogP contribution in [0.2, 0.25) is 0 Å². The van der Waals surface area contributed by atoms with E-state index in [9.17, 15) is 22.8 Å². The molecule has 0 aliphatic carbocycles. The van der Waals surface area contributed by atoms with Crippen LogP contribution in [0.4, 0.5) is 18.9 Å². The Morgan fingerprint density at radius 3 is 2.18 bits per heavy atom. The molecule has 0 saturated carbocycles. The second kappa shape index (κ2) is 9.70. The van der Waals surface area contributed by atoms with Crippen LogP contribution in [0.1, 0.15) is 5.56 Å². The predicted molar refractivity (Wildman–Crippen MR) is 128 cm³/mol. The van der Waals surface area contributed by atoms with Gasteiger partial charge in [-0.05, 0) is 78.1 Å². The van der Waals surface area contributed by atoms with E-state index in [2.05, 4.69) is 5.32 Å². The largest absolute Gasteiger partial charge is 0.457 e. The lowest BCUT2D eigenvalue weighted by Gasteiger charge is -2.29. The summed E-state index contributed by atoms with van der Waals surface area (Å²) in [5, 5.41) is 2.28. The first kappa shape index (κ1) is 23.5. The zero-order valence-electron chi connectivity index (χ0n) is 17.2. The lowest BCUT2D eigenvalue weighted by atomic mass is 10.1. The normalized spacial score (nSPS) is 15.4. The quantitative estimate of drug-likeness (QED) is 0.204. The van der Waals surface area contributed by atoms with E-state index in [1.54, 1.807) is 36.4 Å². The molecule has 10 heteroatoms. The van der Waals surface area contributed by atoms with Gasteiger partial charge in [-0.15, -0.1) is 0 Å². The fourth-order valence-electron chi connectivity index (χ4n) is 3.15. The van der Waals surface area contributed by atoms with Gasteiger partial charge in [0, 0.05) is 4.90 Å². The molecule has 0 atom stereocenters. The van der Waals surface area contributed by atoms with Crippen LogP contribution in [-0.2, 0) is 9.59 Å². The Kier molecular flexibility index (Phi) is 6.71. The molecule has 0 unspecified atom stereocenters. The van der Waals surface area contributed by atoms with Crippen LogP contribution in [0.25, 0.3) is 6.08 Å². The minimum absolute atomic E-state index is 0.0858. The van der Waals surface area contributed by atoms with Crippen LogP contribution < -0.4 is 15.0 Å². The fraction of sp³-hybridized carbons (Fsp3) is 0.0417. The van der Waals surface area contributed by atoms with Gasteiger partial charge in [0.25, 0.3) is 11.8 Å². The van der Waals surface area contributed by atoms with E-state index in [0.717, 1.165) is 11.0 Å². The number of nitrogens with zero attached hydrogens (tertiary/aromatic N) is 1. The van der Waals surface area contributed by atoms with E-state index >= 15 is 0 Å². The van der Waals surface area contributed by atoms with Gasteiger partial charge >= 0.3 is 5.51 Å². The second-order valence-corrected chi connectivity index (χ2v) is 8.45. The maximum Gasteiger partial charge on any atom is 0.446 e. The summed E-state index contributed by atoms with van der Waals surface area (Å²) in [6.07, 6.45) is 1.13. The first-order valence-electron chi connectivity index (χ1n) is 9.80. The molecule has 1 fully saturated rings. The van der Waals surface area contributed by atoms with Crippen molar-refractivity contribution < 1.29 is 27.5 Å². The van der Waals surface area contributed by atoms with Crippen LogP contribution in [0.15, 0.2) is 89.3 Å². The molecule has 172 valence electrons. The molecule has 1 N–H and O–H groups in total. The average molecular weight is 501 g/mol. The number of benzene rings is 3. The molecule has 5 nitrogen and oxygen atoms in total. The number of carbonyl (C=O) groups excluding carboxylic acids is 2. The summed E-state index contributed by atoms with van der Waals surface area (Å²) in [6, 6.07) is 21.2. The van der Waals surface area contributed by atoms with Gasteiger partial charge < -0.3 is 4.74 Å². The zero-order valence-corrected chi connectivity index (χ0v) is 18.8. The second-order valence-electron chi connectivity index (χ2n) is 6.95. The van der Waals surface area contributed by atoms with Crippen molar-refractivity contribution in [3.05, 3.63) is 90.0 Å². The van der Waals surface area contributed by atoms with E-state index in [0.29, 0.717) is 17.2 Å². The summed E-state index contributed by atoms with van der Waals surface area (Å²) < 4.78 is 44.5. The lowest BCUT2D eigenvalue weighted by molar-refractivity contribution is -0.122. The molecule has 4 rings (SSSR count). The standard InChI is InChI=1S/C24H15F3N2O3S2/c25-24(26,27)34-20-9-5-4-6-15(20)14-19-21(30)28-23(33)29(22(19)31)16-10-12-18(13-11-16)32-17-7-2-1-3-8-17/h1-14H,(H,28,30,33). The monoisotopic (exact) mass is 500 g/mol. The van der Waals surface area contributed by atoms with Crippen molar-refractivity contribution in [1.82, 2.24) is 5.32 Å². The molecule has 1 aliphatic heterocycles. The van der Waals surface area contributed by atoms with Gasteiger partial charge in [0.1, 0.15) is 17.1 Å². The summed E-state index contributed by atoms with van der Waals surface area (Å²) >= 11 is 4.86. The van der Waals surface area contributed by atoms with Gasteiger partial charge in [0.05, 0.1) is 5.69 Å². The van der Waals surface area contributed by atoms with Crippen molar-refractivity contribution in [3.63, 3.8) is 0 Å². The third-order valence-electron chi connectivity index (χ3n) is 4.62. The molecule has 0 spiro atoms. The Labute approximate surface area is 202 Å². The lowest BCUT2D eigenvalue weighted by Crippen LogP contribution is -2.54. The van der Waals surface area contributed by atoms with Crippen molar-refractivity contribution in [2.75, 3.05) is 4.90 Å². The predicted octanol–water partition coefficient (Wildman–Crippen LogP) is 5.92. The average Bonchev–Trinajstić information content (AvgIpc) is 2.78. The van der Waals surface area contributed by atoms with Gasteiger partial charge in [-0.2, -0.15) is 13.2 Å². The first-order chi connectivity index (χ1) is 16.2. The summed E-state index contributed by atoms with van der Waals surface area (Å²) in [5.41, 5.74) is -4.42. The molecule has 34 heavy (non-hydrogen) atoms. The molecule has 0 aromatic heterocycles. The van der Waals surface area contributed by atoms with Crippen LogP contribution in [0.3, 0.4) is 0 Å². The van der Waals surface area contributed by atoms with Crippen molar-refractivity contribution in [1.29, 1.82) is 0 Å². The van der Waals surface area contributed by atoms with Crippen molar-refractivity contribution in [2.24, 2.45) is 0 Å². The molecule has 3 aromatic carbocycles. The van der Waals surface area contributed by atoms with Crippen molar-refractivity contribution in [3.8, 4) is 11.5 Å². The number of hydrogen-bond acceptors (Lipinski definition) is 5. The minimum Gasteiger partial charge on any atom is -0.457 e. The van der Waals surface area contributed by atoms with Crippen LogP contribution in [-0.4, -0.2) is 22.4 Å². The van der Waals surface area contributed by atoms with Crippen LogP contribution in [0, 0.1) is 0 Å². The molecule has 0 bridgehead atoms. The Morgan fingerprint density at radius 2 is 1.50 bits per heavy atom. The number of amides is 2. The number of halogens is 3. The maximum atomic E-state index is 13.2. The highest BCUT2D eigenvalue weighted by molar-refractivity contribution is 8.00. The third kappa shape index (κ3) is 5.46. The van der Waals surface area contributed by atoms with Gasteiger partial charge in [-0.1, -0.05) is 36.4 Å². The number of nitrogens with one attached hydrogen (secondary N) is 1. The third-order valence-corrected chi connectivity index (χ3v) is 5.73. The van der Waals surface area contributed by atoms with Gasteiger partial charge in [-0.25, -0.2) is 0 Å². The molecular formula is C24H15F3N2O3S2. The molecule has 1 heterocycles. The molecule has 1 aliphatic rings. The number of alkyl halides is 3. The Balaban J connectivity index is 1.62. The van der Waals surface area contributed by atoms with Crippen molar-refractivity contribution in [2.45, 2.75) is 10.4 Å². The van der Waals surface area contributed by atoms with E-state index in [-0.39, 0.29) is 32.9 Å². The van der Waals surface area contributed by atoms with E-state index in [1.807, 2.05) is 18.2 Å². The SMILES string of the molecule is O=C1NC(=S)N(c2ccc(Oc3ccccc3)cc2)C(=O)C1=Cc1ccccc1SC(F)(F)F. The van der Waals surface area contributed by atoms with Gasteiger partial charge in [-0.3, -0.25) is 19.8 Å². The number of anilines is 1. The summed E-state index contributed by atoms with van der Waals surface area (Å²) in [5.74, 6) is -0.393. The smallest absolute Gasteiger partial charge is 0.446 e. The highest BCUT2D eigenvalue weighted by Crippen LogP contribution is 2.39. The highest BCUT2D eigenvalue weighted by atomic mass is 32.2. The Morgan fingerprint density at radius 1 is 0.882 bits per heavy atom. The fourth-order valence-corrected chi connectivity index (χ4v) is 4.07. The number of thioether (sulfide) groups is 1. The van der Waals surface area contributed by atoms with Crippen molar-refractivity contribution >= 4 is 52.7 Å². The summed E-state index contributed by atoms with van der Waals surface area (Å²) in [6.45, 7) is 0. The van der Waals surface area contributed by atoms with Gasteiger partial charge in [0.15, 0.2) is 5.11 Å². The molecule has 0 radical (unpaired) electrons. The van der Waals surface area contributed by atoms with Gasteiger partial charge in [0.2, 0.25) is 0 Å². The first-order valence-corrected chi connectivity index (χ1v) is 11.0. The number of thiocarbonyl (C=S) groups is 1. The summed E-state index contributed by atoms with van der Waals surface area (Å²) in [4.78, 5) is 26.6. The molecule has 3 aromatic rings. The maximum absolute atomic E-state index is 13.2. The summed E-state index contributed by atoms with van der Waals surface area (Å²) in [7, 11) is 0. The number of hydrogen-bond donors (Lipinski definition) is 1. The number of carbonyl (C=O) groups is 2. The Bertz CT molecular complexity index is 1280. The number of rotatable bonds is 5. The Hall–Kier alpha value is -3.63. The zero-order chi connectivity index (χ0) is 24.3. The molecule has 1 saturated heterocycles. The number of para-hydroxylation sites is 1.